The van der Waals surface area contributed by atoms with E-state index in [0.717, 1.165) is 5.56 Å². The molecule has 10 nitrogen and oxygen atoms in total. The molecule has 0 bridgehead atoms. The Balaban J connectivity index is 1.53. The Bertz CT molecular complexity index is 1100. The van der Waals surface area contributed by atoms with Crippen LogP contribution in [0, 0.1) is 5.92 Å². The molecule has 2 N–H and O–H groups in total. The number of amides is 1. The number of carbonyl (C=O) groups is 2. The maximum Gasteiger partial charge on any atom is 0.324 e. The Hall–Kier alpha value is -3.31. The summed E-state index contributed by atoms with van der Waals surface area (Å²) in [6.45, 7) is 3.15. The second-order valence-corrected chi connectivity index (χ2v) is 9.30. The van der Waals surface area contributed by atoms with Crippen LogP contribution in [0.1, 0.15) is 19.4 Å². The van der Waals surface area contributed by atoms with Crippen molar-refractivity contribution in [3.63, 3.8) is 0 Å². The van der Waals surface area contributed by atoms with Gasteiger partial charge in [0, 0.05) is 6.54 Å². The molecule has 1 heterocycles. The topological polar surface area (TPSA) is 129 Å². The van der Waals surface area contributed by atoms with Gasteiger partial charge in [-0.3, -0.25) is 9.59 Å². The lowest BCUT2D eigenvalue weighted by Gasteiger charge is -2.20. The molecule has 0 saturated carbocycles. The van der Waals surface area contributed by atoms with Gasteiger partial charge in [-0.25, -0.2) is 8.42 Å². The number of nitrogens with one attached hydrogen (secondary N) is 2. The van der Waals surface area contributed by atoms with Crippen LogP contribution in [0.3, 0.4) is 0 Å². The fraction of sp³-hybridized carbons (Fsp3) is 0.364. The highest BCUT2D eigenvalue weighted by Gasteiger charge is 2.30. The molecule has 1 atom stereocenters. The van der Waals surface area contributed by atoms with Crippen molar-refractivity contribution in [1.29, 1.82) is 0 Å². The van der Waals surface area contributed by atoms with Crippen LogP contribution in [-0.2, 0) is 30.9 Å². The summed E-state index contributed by atoms with van der Waals surface area (Å²) in [5.74, 6) is -0.0579. The summed E-state index contributed by atoms with van der Waals surface area (Å²) >= 11 is 0. The van der Waals surface area contributed by atoms with Crippen LogP contribution < -0.4 is 24.2 Å². The van der Waals surface area contributed by atoms with Crippen molar-refractivity contribution in [2.24, 2.45) is 5.92 Å². The Labute approximate surface area is 192 Å². The van der Waals surface area contributed by atoms with E-state index < -0.39 is 40.5 Å². The molecule has 0 fully saturated rings. The van der Waals surface area contributed by atoms with E-state index in [1.165, 1.54) is 31.4 Å². The molecule has 1 amide bonds. The van der Waals surface area contributed by atoms with Crippen molar-refractivity contribution in [3.05, 3.63) is 48.0 Å². The monoisotopic (exact) mass is 478 g/mol. The number of carbonyl (C=O) groups excluding carboxylic acids is 2. The number of rotatable bonds is 10. The maximum atomic E-state index is 12.7. The zero-order chi connectivity index (χ0) is 24.0. The van der Waals surface area contributed by atoms with E-state index in [1.807, 2.05) is 0 Å². The second-order valence-electron chi connectivity index (χ2n) is 7.59. The van der Waals surface area contributed by atoms with Crippen LogP contribution in [0.15, 0.2) is 47.4 Å². The third-order valence-corrected chi connectivity index (χ3v) is 6.30. The molecule has 1 aliphatic rings. The van der Waals surface area contributed by atoms with Crippen LogP contribution in [0.2, 0.25) is 0 Å². The molecule has 0 saturated heterocycles. The zero-order valence-corrected chi connectivity index (χ0v) is 19.3. The van der Waals surface area contributed by atoms with Gasteiger partial charge in [0.15, 0.2) is 18.1 Å². The normalized spacial score (nSPS) is 13.5. The minimum absolute atomic E-state index is 0.0248. The summed E-state index contributed by atoms with van der Waals surface area (Å²) < 4.78 is 48.3. The Morgan fingerprint density at radius 1 is 1.06 bits per heavy atom. The average molecular weight is 479 g/mol. The van der Waals surface area contributed by atoms with Crippen LogP contribution in [0.4, 0.5) is 0 Å². The van der Waals surface area contributed by atoms with Gasteiger partial charge in [0.2, 0.25) is 16.8 Å². The summed E-state index contributed by atoms with van der Waals surface area (Å²) in [6, 6.07) is 9.84. The molecule has 2 aromatic rings. The highest BCUT2D eigenvalue weighted by Crippen LogP contribution is 2.32. The van der Waals surface area contributed by atoms with E-state index in [0.29, 0.717) is 17.2 Å². The first-order valence-electron chi connectivity index (χ1n) is 10.2. The summed E-state index contributed by atoms with van der Waals surface area (Å²) in [4.78, 5) is 24.6. The predicted molar refractivity (Wildman–Crippen MR) is 117 cm³/mol. The second kappa shape index (κ2) is 10.5. The Morgan fingerprint density at radius 2 is 1.76 bits per heavy atom. The van der Waals surface area contributed by atoms with Crippen LogP contribution in [0.5, 0.6) is 17.2 Å². The SMILES string of the molecule is COc1ccc(S(=O)(=O)N[C@H](C(=O)OCC(=O)NCc2ccc3c(c2)OCO3)C(C)C)cc1. The van der Waals surface area contributed by atoms with Crippen molar-refractivity contribution < 1.29 is 37.0 Å². The van der Waals surface area contributed by atoms with Gasteiger partial charge in [-0.15, -0.1) is 0 Å². The molecule has 0 aliphatic carbocycles. The van der Waals surface area contributed by atoms with Gasteiger partial charge in [-0.2, -0.15) is 4.72 Å². The fourth-order valence-corrected chi connectivity index (χ4v) is 4.31. The van der Waals surface area contributed by atoms with Gasteiger partial charge >= 0.3 is 5.97 Å². The number of benzene rings is 2. The number of ether oxygens (including phenoxy) is 4. The lowest BCUT2D eigenvalue weighted by Crippen LogP contribution is -2.46. The van der Waals surface area contributed by atoms with E-state index in [1.54, 1.807) is 32.0 Å². The highest BCUT2D eigenvalue weighted by atomic mass is 32.2. The fourth-order valence-electron chi connectivity index (χ4n) is 2.98. The zero-order valence-electron chi connectivity index (χ0n) is 18.5. The Morgan fingerprint density at radius 3 is 2.42 bits per heavy atom. The van der Waals surface area contributed by atoms with E-state index in [-0.39, 0.29) is 18.2 Å². The molecular weight excluding hydrogens is 452 g/mol. The third kappa shape index (κ3) is 6.36. The molecule has 11 heteroatoms. The van der Waals surface area contributed by atoms with Gasteiger partial charge < -0.3 is 24.3 Å². The van der Waals surface area contributed by atoms with E-state index >= 15 is 0 Å². The van der Waals surface area contributed by atoms with Crippen molar-refractivity contribution in [1.82, 2.24) is 10.0 Å². The van der Waals surface area contributed by atoms with Crippen LogP contribution in [-0.4, -0.2) is 46.8 Å². The quantitative estimate of drug-likeness (QED) is 0.493. The lowest BCUT2D eigenvalue weighted by atomic mass is 10.1. The van der Waals surface area contributed by atoms with E-state index in [4.69, 9.17) is 18.9 Å². The van der Waals surface area contributed by atoms with E-state index in [9.17, 15) is 18.0 Å². The molecule has 0 unspecified atom stereocenters. The largest absolute Gasteiger partial charge is 0.497 e. The molecule has 0 spiro atoms. The smallest absolute Gasteiger partial charge is 0.324 e. The van der Waals surface area contributed by atoms with Gasteiger partial charge in [0.25, 0.3) is 5.91 Å². The van der Waals surface area contributed by atoms with Crippen LogP contribution in [0.25, 0.3) is 0 Å². The molecule has 33 heavy (non-hydrogen) atoms. The highest BCUT2D eigenvalue weighted by molar-refractivity contribution is 7.89. The minimum atomic E-state index is -3.99. The average Bonchev–Trinajstić information content (AvgIpc) is 3.27. The summed E-state index contributed by atoms with van der Waals surface area (Å²) in [7, 11) is -2.52. The number of hydrogen-bond donors (Lipinski definition) is 2. The first kappa shape index (κ1) is 24.3. The van der Waals surface area contributed by atoms with Crippen molar-refractivity contribution in [2.45, 2.75) is 31.3 Å². The molecule has 2 aromatic carbocycles. The first-order chi connectivity index (χ1) is 15.7. The molecular formula is C22H26N2O8S. The number of sulfonamides is 1. The van der Waals surface area contributed by atoms with Gasteiger partial charge in [-0.05, 0) is 47.9 Å². The summed E-state index contributed by atoms with van der Waals surface area (Å²) in [5.41, 5.74) is 0.784. The predicted octanol–water partition coefficient (Wildman–Crippen LogP) is 1.59. The number of hydrogen-bond acceptors (Lipinski definition) is 8. The number of fused-ring (bicyclic) bond motifs is 1. The number of methoxy groups -OCH3 is 1. The van der Waals surface area contributed by atoms with Gasteiger partial charge in [0.1, 0.15) is 11.8 Å². The molecule has 0 aromatic heterocycles. The van der Waals surface area contributed by atoms with Gasteiger partial charge in [-0.1, -0.05) is 19.9 Å². The van der Waals surface area contributed by atoms with E-state index in [2.05, 4.69) is 10.0 Å². The third-order valence-electron chi connectivity index (χ3n) is 4.84. The summed E-state index contributed by atoms with van der Waals surface area (Å²) in [5, 5.41) is 2.64. The van der Waals surface area contributed by atoms with Gasteiger partial charge in [0.05, 0.1) is 12.0 Å². The minimum Gasteiger partial charge on any atom is -0.497 e. The van der Waals surface area contributed by atoms with Crippen molar-refractivity contribution in [3.8, 4) is 17.2 Å². The molecule has 3 rings (SSSR count). The first-order valence-corrected chi connectivity index (χ1v) is 11.7. The molecule has 1 aliphatic heterocycles. The Kier molecular flexibility index (Phi) is 7.77. The van der Waals surface area contributed by atoms with Crippen LogP contribution >= 0.6 is 0 Å². The molecule has 0 radical (unpaired) electrons. The maximum absolute atomic E-state index is 12.7. The van der Waals surface area contributed by atoms with Crippen molar-refractivity contribution >= 4 is 21.9 Å². The summed E-state index contributed by atoms with van der Waals surface area (Å²) in [6.07, 6.45) is 0. The van der Waals surface area contributed by atoms with Crippen molar-refractivity contribution in [2.75, 3.05) is 20.5 Å². The lowest BCUT2D eigenvalue weighted by molar-refractivity contribution is -0.151. The molecule has 178 valence electrons. The standard InChI is InChI=1S/C22H26N2O8S/c1-14(2)21(24-33(27,28)17-7-5-16(29-3)6-8-17)22(26)30-12-20(25)23-11-15-4-9-18-19(10-15)32-13-31-18/h4-10,14,21,24H,11-13H2,1-3H3,(H,23,25)/t21-/m0/s1. The number of esters is 1.